The molecule has 0 saturated heterocycles. The van der Waals surface area contributed by atoms with Crippen molar-refractivity contribution in [2.45, 2.75) is 158 Å². The van der Waals surface area contributed by atoms with Crippen molar-refractivity contribution in [3.8, 4) is 0 Å². The molecule has 5 aliphatic rings. The normalized spacial score (nSPS) is 43.1. The Morgan fingerprint density at radius 1 is 0.976 bits per heavy atom. The van der Waals surface area contributed by atoms with Crippen molar-refractivity contribution in [2.24, 2.45) is 51.8 Å². The van der Waals surface area contributed by atoms with Crippen molar-refractivity contribution < 1.29 is 15.7 Å². The molecule has 0 aromatic carbocycles. The fraction of sp³-hybridized carbons (Fsp3) is 0.872. The summed E-state index contributed by atoms with van der Waals surface area (Å²) >= 11 is 0. The van der Waals surface area contributed by atoms with E-state index in [0.29, 0.717) is 29.1 Å². The summed E-state index contributed by atoms with van der Waals surface area (Å²) in [7, 11) is 0. The zero-order chi connectivity index (χ0) is 30.3. The summed E-state index contributed by atoms with van der Waals surface area (Å²) in [6.07, 6.45) is 21.2. The largest absolute Gasteiger partial charge is 0.487 e. The highest BCUT2D eigenvalue weighted by Gasteiger charge is 2.64. The van der Waals surface area contributed by atoms with E-state index in [2.05, 4.69) is 61.5 Å². The predicted octanol–water partition coefficient (Wildman–Crippen LogP) is 11.1. The van der Waals surface area contributed by atoms with Crippen LogP contribution >= 0.6 is 0 Å². The molecule has 1 unspecified atom stereocenters. The summed E-state index contributed by atoms with van der Waals surface area (Å²) in [5.41, 5.74) is 3.80. The molecule has 3 saturated carbocycles. The van der Waals surface area contributed by atoms with Crippen LogP contribution in [0.15, 0.2) is 23.0 Å². The molecule has 9 atom stereocenters. The number of hydrogen-bond acceptors (Lipinski definition) is 3. The lowest BCUT2D eigenvalue weighted by atomic mass is 9.41. The van der Waals surface area contributed by atoms with Gasteiger partial charge in [-0.05, 0) is 122 Å². The maximum Gasteiger partial charge on any atom is 0.373 e. The Bertz CT molecular complexity index is 1050. The maximum absolute atomic E-state index is 13.4. The first-order chi connectivity index (χ1) is 19.9. The molecule has 0 N–H and O–H groups in total. The van der Waals surface area contributed by atoms with E-state index in [-0.39, 0.29) is 18.9 Å². The van der Waals surface area contributed by atoms with Crippen LogP contribution in [-0.2, 0) is 14.3 Å². The third kappa shape index (κ3) is 5.90. The van der Waals surface area contributed by atoms with Gasteiger partial charge in [0, 0.05) is 7.85 Å². The summed E-state index contributed by atoms with van der Waals surface area (Å²) in [6, 6.07) is 0. The van der Waals surface area contributed by atoms with Gasteiger partial charge in [-0.25, -0.2) is 4.79 Å². The van der Waals surface area contributed by atoms with Gasteiger partial charge in [0.2, 0.25) is 5.76 Å². The smallest absolute Gasteiger partial charge is 0.373 e. The summed E-state index contributed by atoms with van der Waals surface area (Å²) in [5, 5.41) is 0. The van der Waals surface area contributed by atoms with Crippen LogP contribution in [0.25, 0.3) is 0 Å². The highest BCUT2D eigenvalue weighted by Crippen LogP contribution is 2.72. The van der Waals surface area contributed by atoms with Crippen LogP contribution in [-0.4, -0.2) is 18.7 Å². The average Bonchev–Trinajstić information content (AvgIpc) is 3.33. The van der Waals surface area contributed by atoms with E-state index in [4.69, 9.17) is 9.47 Å². The molecular weight excluding hydrogens is 516 g/mol. The first-order valence-electron chi connectivity index (χ1n) is 18.1. The van der Waals surface area contributed by atoms with Crippen LogP contribution in [0.2, 0.25) is 0 Å². The zero-order valence-electron chi connectivity index (χ0n) is 28.7. The Balaban J connectivity index is 0.00000423. The molecule has 0 amide bonds. The van der Waals surface area contributed by atoms with E-state index in [1.54, 1.807) is 5.57 Å². The Labute approximate surface area is 260 Å². The quantitative estimate of drug-likeness (QED) is 0.221. The Morgan fingerprint density at radius 3 is 2.52 bits per heavy atom. The summed E-state index contributed by atoms with van der Waals surface area (Å²) < 4.78 is 12.3. The first kappa shape index (κ1) is 32.2. The summed E-state index contributed by atoms with van der Waals surface area (Å²) in [6.45, 7) is 20.2. The van der Waals surface area contributed by atoms with Gasteiger partial charge in [0.05, 0.1) is 6.61 Å². The van der Waals surface area contributed by atoms with Crippen molar-refractivity contribution in [2.75, 3.05) is 6.61 Å². The molecule has 4 aliphatic carbocycles. The number of hydrogen-bond donors (Lipinski definition) is 0. The third-order valence-electron chi connectivity index (χ3n) is 13.9. The molecular formula is C39H66O3. The van der Waals surface area contributed by atoms with E-state index in [1.807, 2.05) is 0 Å². The van der Waals surface area contributed by atoms with E-state index in [9.17, 15) is 4.79 Å². The number of fused-ring (bicyclic) bond motifs is 5. The Morgan fingerprint density at radius 2 is 1.76 bits per heavy atom. The van der Waals surface area contributed by atoms with Crippen LogP contribution in [0.3, 0.4) is 0 Å². The Kier molecular flexibility index (Phi) is 9.67. The van der Waals surface area contributed by atoms with Gasteiger partial charge in [0.1, 0.15) is 6.10 Å². The molecule has 1 heterocycles. The van der Waals surface area contributed by atoms with Crippen molar-refractivity contribution in [3.63, 3.8) is 0 Å². The molecule has 0 aromatic heterocycles. The van der Waals surface area contributed by atoms with Gasteiger partial charge in [-0.1, -0.05) is 92.2 Å². The van der Waals surface area contributed by atoms with E-state index >= 15 is 0 Å². The number of rotatable bonds is 7. The molecule has 42 heavy (non-hydrogen) atoms. The second-order valence-corrected chi connectivity index (χ2v) is 16.9. The number of esters is 1. The lowest BCUT2D eigenvalue weighted by molar-refractivity contribution is -0.153. The molecule has 1 aliphatic heterocycles. The lowest BCUT2D eigenvalue weighted by Gasteiger charge is -2.63. The average molecular weight is 583 g/mol. The maximum atomic E-state index is 13.4. The molecule has 3 nitrogen and oxygen atoms in total. The molecule has 240 valence electrons. The number of allylic oxidation sites excluding steroid dienone is 2. The minimum absolute atomic E-state index is 0. The SMILES string of the molecule is C/C1=C(\C(=O)O[C@H]2CC[C@@]3(C)C(=CC[C@@]4(C)[C@@H]5CC[C@H]([C@H](C)CCCC(C)C)[C@@]5(C)CC[C@@H]43)C2)OCCCCCC1C.[HH]. The minimum atomic E-state index is -0.218. The van der Waals surface area contributed by atoms with Crippen molar-refractivity contribution in [1.82, 2.24) is 0 Å². The lowest BCUT2D eigenvalue weighted by Crippen LogP contribution is -2.56. The molecule has 0 radical (unpaired) electrons. The first-order valence-corrected chi connectivity index (χ1v) is 18.1. The van der Waals surface area contributed by atoms with Gasteiger partial charge in [-0.2, -0.15) is 0 Å². The van der Waals surface area contributed by atoms with Gasteiger partial charge in [0.15, 0.2) is 0 Å². The minimum Gasteiger partial charge on any atom is -0.487 e. The van der Waals surface area contributed by atoms with Crippen LogP contribution in [0, 0.1) is 51.8 Å². The third-order valence-corrected chi connectivity index (χ3v) is 13.9. The van der Waals surface area contributed by atoms with Crippen LogP contribution in [0.4, 0.5) is 0 Å². The summed E-state index contributed by atoms with van der Waals surface area (Å²) in [5.74, 6) is 4.80. The molecule has 0 spiro atoms. The fourth-order valence-electron chi connectivity index (χ4n) is 11.3. The van der Waals surface area contributed by atoms with Gasteiger partial charge in [-0.3, -0.25) is 0 Å². The summed E-state index contributed by atoms with van der Waals surface area (Å²) in [4.78, 5) is 13.4. The Hall–Kier alpha value is -1.25. The van der Waals surface area contributed by atoms with Crippen molar-refractivity contribution in [1.29, 1.82) is 0 Å². The van der Waals surface area contributed by atoms with Crippen molar-refractivity contribution >= 4 is 5.97 Å². The fourth-order valence-corrected chi connectivity index (χ4v) is 11.3. The standard InChI is InChI=1S/C39H64O3.H2/c1-26(2)13-12-15-28(4)32-16-17-33-38(32,7)23-20-34-37(6)22-19-31(25-30(37)18-21-39(33,34)8)42-36(40)35-29(5)27(3)14-10-9-11-24-41-35;/h18,26-28,31-34H,9-17,19-25H2,1-8H3;1H/b35-29-;/t27?,28-,31+,32-,33-,34-,37+,38-,39+;/m1./s1. The van der Waals surface area contributed by atoms with Gasteiger partial charge in [0.25, 0.3) is 0 Å². The van der Waals surface area contributed by atoms with Crippen LogP contribution in [0.5, 0.6) is 0 Å². The monoisotopic (exact) mass is 583 g/mol. The van der Waals surface area contributed by atoms with E-state index < -0.39 is 0 Å². The van der Waals surface area contributed by atoms with Gasteiger partial charge < -0.3 is 9.47 Å². The second-order valence-electron chi connectivity index (χ2n) is 16.9. The topological polar surface area (TPSA) is 35.5 Å². The van der Waals surface area contributed by atoms with Gasteiger partial charge >= 0.3 is 5.97 Å². The molecule has 5 rings (SSSR count). The number of carbonyl (C=O) groups excluding carboxylic acids is 1. The number of carbonyl (C=O) groups is 1. The van der Waals surface area contributed by atoms with Crippen molar-refractivity contribution in [3.05, 3.63) is 23.0 Å². The molecule has 3 fully saturated rings. The zero-order valence-corrected chi connectivity index (χ0v) is 28.7. The second kappa shape index (κ2) is 12.6. The van der Waals surface area contributed by atoms with Crippen LogP contribution < -0.4 is 0 Å². The molecule has 3 heteroatoms. The predicted molar refractivity (Wildman–Crippen MR) is 176 cm³/mol. The molecule has 0 aromatic rings. The highest BCUT2D eigenvalue weighted by molar-refractivity contribution is 5.87. The molecule has 0 bridgehead atoms. The number of ether oxygens (including phenoxy) is 2. The highest BCUT2D eigenvalue weighted by atomic mass is 16.6. The van der Waals surface area contributed by atoms with Crippen LogP contribution in [0.1, 0.15) is 153 Å². The van der Waals surface area contributed by atoms with Gasteiger partial charge in [-0.15, -0.1) is 0 Å². The van der Waals surface area contributed by atoms with E-state index in [0.717, 1.165) is 67.3 Å². The van der Waals surface area contributed by atoms with E-state index in [1.165, 1.54) is 64.2 Å².